The lowest BCUT2D eigenvalue weighted by atomic mass is 10.1. The fourth-order valence-electron chi connectivity index (χ4n) is 4.84. The zero-order chi connectivity index (χ0) is 26.3. The molecule has 37 heavy (non-hydrogen) atoms. The molecule has 194 valence electrons. The number of hydrogen-bond donors (Lipinski definition) is 2. The van der Waals surface area contributed by atoms with Crippen LogP contribution in [-0.4, -0.2) is 46.3 Å². The number of fused-ring (bicyclic) bond motifs is 1. The number of rotatable bonds is 6. The van der Waals surface area contributed by atoms with Crippen LogP contribution < -0.4 is 10.6 Å². The minimum Gasteiger partial charge on any atom is -0.326 e. The number of sulfone groups is 1. The van der Waals surface area contributed by atoms with E-state index in [1.807, 2.05) is 18.4 Å². The zero-order valence-electron chi connectivity index (χ0n) is 20.8. The first kappa shape index (κ1) is 25.2. The summed E-state index contributed by atoms with van der Waals surface area (Å²) >= 11 is 0. The Morgan fingerprint density at radius 2 is 1.76 bits per heavy atom. The predicted octanol–water partition coefficient (Wildman–Crippen LogP) is 4.93. The van der Waals surface area contributed by atoms with E-state index in [2.05, 4.69) is 25.6 Å². The number of aryl methyl sites for hydroxylation is 1. The summed E-state index contributed by atoms with van der Waals surface area (Å²) in [6.07, 6.45) is 2.19. The Bertz CT molecular complexity index is 1560. The monoisotopic (exact) mass is 526 g/mol. The molecule has 4 aromatic rings. The topological polar surface area (TPSA) is 102 Å². The largest absolute Gasteiger partial charge is 0.326 e. The van der Waals surface area contributed by atoms with Crippen molar-refractivity contribution in [1.82, 2.24) is 24.8 Å². The third-order valence-corrected chi connectivity index (χ3v) is 8.90. The van der Waals surface area contributed by atoms with E-state index in [0.717, 1.165) is 6.20 Å². The highest BCUT2D eigenvalue weighted by molar-refractivity contribution is 7.92. The van der Waals surface area contributed by atoms with E-state index in [4.69, 9.17) is 0 Å². The van der Waals surface area contributed by atoms with Crippen molar-refractivity contribution in [3.05, 3.63) is 60.1 Å². The standard InChI is InChI=1S/C26H28F2N6O2S/c1-15(2)34-16(3)31-25-21(27)12-17(13-23(25)34)24-22(28)14-30-26(33-24)32-18-4-6-19(7-5-18)37(35,36)20-8-10-29-11-9-20/h4-7,12-15,20,29H,8-11H2,1-3H3,(H,30,32,33). The van der Waals surface area contributed by atoms with Crippen LogP contribution in [0.15, 0.2) is 47.5 Å². The fourth-order valence-corrected chi connectivity index (χ4v) is 6.60. The van der Waals surface area contributed by atoms with Crippen LogP contribution in [0.2, 0.25) is 0 Å². The highest BCUT2D eigenvalue weighted by atomic mass is 32.2. The molecule has 2 aromatic heterocycles. The average Bonchev–Trinajstić information content (AvgIpc) is 3.22. The van der Waals surface area contributed by atoms with Crippen LogP contribution in [0.5, 0.6) is 0 Å². The van der Waals surface area contributed by atoms with Crippen molar-refractivity contribution in [3.8, 4) is 11.3 Å². The van der Waals surface area contributed by atoms with Gasteiger partial charge >= 0.3 is 0 Å². The van der Waals surface area contributed by atoms with Crippen LogP contribution in [0, 0.1) is 18.6 Å². The molecule has 0 radical (unpaired) electrons. The van der Waals surface area contributed by atoms with Crippen molar-refractivity contribution in [2.45, 2.75) is 49.8 Å². The van der Waals surface area contributed by atoms with Gasteiger partial charge in [-0.05, 0) is 83.1 Å². The van der Waals surface area contributed by atoms with Crippen LogP contribution in [0.1, 0.15) is 38.6 Å². The van der Waals surface area contributed by atoms with Gasteiger partial charge in [-0.1, -0.05) is 0 Å². The van der Waals surface area contributed by atoms with Crippen molar-refractivity contribution >= 4 is 32.5 Å². The molecule has 0 unspecified atom stereocenters. The number of aromatic nitrogens is 4. The van der Waals surface area contributed by atoms with Gasteiger partial charge in [0.25, 0.3) is 0 Å². The highest BCUT2D eigenvalue weighted by Crippen LogP contribution is 2.31. The maximum atomic E-state index is 14.9. The molecule has 3 heterocycles. The molecule has 1 aliphatic heterocycles. The van der Waals surface area contributed by atoms with Gasteiger partial charge in [-0.25, -0.2) is 32.2 Å². The quantitative estimate of drug-likeness (QED) is 0.367. The SMILES string of the molecule is Cc1nc2c(F)cc(-c3nc(Nc4ccc(S(=O)(=O)C5CCNCC5)cc4)ncc3F)cc2n1C(C)C. The summed E-state index contributed by atoms with van der Waals surface area (Å²) in [5, 5.41) is 5.76. The molecule has 1 saturated heterocycles. The molecule has 0 saturated carbocycles. The summed E-state index contributed by atoms with van der Waals surface area (Å²) < 4.78 is 57.5. The number of anilines is 2. The molecule has 5 rings (SSSR count). The van der Waals surface area contributed by atoms with Crippen LogP contribution in [0.3, 0.4) is 0 Å². The lowest BCUT2D eigenvalue weighted by molar-refractivity contribution is 0.496. The van der Waals surface area contributed by atoms with Gasteiger partial charge in [0.05, 0.1) is 21.9 Å². The first-order valence-electron chi connectivity index (χ1n) is 12.2. The lowest BCUT2D eigenvalue weighted by Gasteiger charge is -2.22. The molecule has 8 nitrogen and oxygen atoms in total. The number of benzene rings is 2. The Hall–Kier alpha value is -3.44. The molecule has 1 fully saturated rings. The Morgan fingerprint density at radius 1 is 1.05 bits per heavy atom. The Morgan fingerprint density at radius 3 is 2.43 bits per heavy atom. The van der Waals surface area contributed by atoms with Crippen molar-refractivity contribution in [3.63, 3.8) is 0 Å². The smallest absolute Gasteiger partial charge is 0.227 e. The van der Waals surface area contributed by atoms with E-state index in [1.165, 1.54) is 6.07 Å². The van der Waals surface area contributed by atoms with E-state index in [1.54, 1.807) is 37.3 Å². The summed E-state index contributed by atoms with van der Waals surface area (Å²) in [5.74, 6) is -0.496. The number of halogens is 2. The maximum absolute atomic E-state index is 14.9. The molecule has 0 aliphatic carbocycles. The van der Waals surface area contributed by atoms with Crippen LogP contribution in [0.4, 0.5) is 20.4 Å². The molecule has 0 spiro atoms. The number of imidazole rings is 1. The number of nitrogens with zero attached hydrogens (tertiary/aromatic N) is 4. The van der Waals surface area contributed by atoms with Crippen LogP contribution >= 0.6 is 0 Å². The number of hydrogen-bond acceptors (Lipinski definition) is 7. The minimum atomic E-state index is -3.42. The second-order valence-corrected chi connectivity index (χ2v) is 11.7. The van der Waals surface area contributed by atoms with Crippen LogP contribution in [0.25, 0.3) is 22.3 Å². The average molecular weight is 527 g/mol. The molecular weight excluding hydrogens is 498 g/mol. The molecule has 0 amide bonds. The number of nitrogens with one attached hydrogen (secondary N) is 2. The number of piperidine rings is 1. The maximum Gasteiger partial charge on any atom is 0.227 e. The normalized spacial score (nSPS) is 15.0. The summed E-state index contributed by atoms with van der Waals surface area (Å²) in [6.45, 7) is 7.10. The Balaban J connectivity index is 1.44. The van der Waals surface area contributed by atoms with Gasteiger partial charge in [0.15, 0.2) is 21.5 Å². The minimum absolute atomic E-state index is 0.0358. The lowest BCUT2D eigenvalue weighted by Crippen LogP contribution is -2.35. The van der Waals surface area contributed by atoms with Gasteiger partial charge in [0, 0.05) is 17.3 Å². The van der Waals surface area contributed by atoms with E-state index in [0.29, 0.717) is 43.0 Å². The molecule has 2 aromatic carbocycles. The second kappa shape index (κ2) is 9.79. The van der Waals surface area contributed by atoms with Gasteiger partial charge in [-0.2, -0.15) is 0 Å². The molecule has 2 N–H and O–H groups in total. The summed E-state index contributed by atoms with van der Waals surface area (Å²) in [4.78, 5) is 12.9. The zero-order valence-corrected chi connectivity index (χ0v) is 21.6. The van der Waals surface area contributed by atoms with E-state index in [-0.39, 0.29) is 33.7 Å². The van der Waals surface area contributed by atoms with Crippen molar-refractivity contribution < 1.29 is 17.2 Å². The molecule has 11 heteroatoms. The van der Waals surface area contributed by atoms with Gasteiger partial charge in [0.2, 0.25) is 5.95 Å². The fraction of sp³-hybridized carbons (Fsp3) is 0.346. The van der Waals surface area contributed by atoms with Gasteiger partial charge < -0.3 is 15.2 Å². The van der Waals surface area contributed by atoms with E-state index < -0.39 is 26.7 Å². The predicted molar refractivity (Wildman–Crippen MR) is 139 cm³/mol. The molecule has 1 aliphatic rings. The van der Waals surface area contributed by atoms with Crippen molar-refractivity contribution in [1.29, 1.82) is 0 Å². The van der Waals surface area contributed by atoms with E-state index >= 15 is 0 Å². The third kappa shape index (κ3) is 4.80. The molecule has 0 atom stereocenters. The van der Waals surface area contributed by atoms with Crippen LogP contribution in [-0.2, 0) is 9.84 Å². The second-order valence-electron chi connectivity index (χ2n) is 9.48. The molecule has 0 bridgehead atoms. The summed E-state index contributed by atoms with van der Waals surface area (Å²) in [7, 11) is -3.42. The first-order valence-corrected chi connectivity index (χ1v) is 13.7. The van der Waals surface area contributed by atoms with Crippen molar-refractivity contribution in [2.75, 3.05) is 18.4 Å². The van der Waals surface area contributed by atoms with E-state index in [9.17, 15) is 17.2 Å². The van der Waals surface area contributed by atoms with Gasteiger partial charge in [-0.15, -0.1) is 0 Å². The first-order chi connectivity index (χ1) is 17.6. The Labute approximate surface area is 214 Å². The van der Waals surface area contributed by atoms with Gasteiger partial charge in [0.1, 0.15) is 17.0 Å². The summed E-state index contributed by atoms with van der Waals surface area (Å²) in [5.41, 5.74) is 1.52. The highest BCUT2D eigenvalue weighted by Gasteiger charge is 2.28. The Kier molecular flexibility index (Phi) is 6.67. The third-order valence-electron chi connectivity index (χ3n) is 6.62. The summed E-state index contributed by atoms with van der Waals surface area (Å²) in [6, 6.07) is 9.26. The molecular formula is C26H28F2N6O2S. The van der Waals surface area contributed by atoms with Gasteiger partial charge in [-0.3, -0.25) is 0 Å². The van der Waals surface area contributed by atoms with Crippen molar-refractivity contribution in [2.24, 2.45) is 0 Å².